The van der Waals surface area contributed by atoms with Gasteiger partial charge in [0.15, 0.2) is 0 Å². The summed E-state index contributed by atoms with van der Waals surface area (Å²) in [4.78, 5) is 4.11. The number of hydrogen-bond acceptors (Lipinski definition) is 2. The molecule has 1 aromatic carbocycles. The van der Waals surface area contributed by atoms with Gasteiger partial charge in [-0.1, -0.05) is 6.92 Å². The number of rotatable bonds is 6. The topological polar surface area (TPSA) is 24.9 Å². The first kappa shape index (κ1) is 16.0. The standard InChI is InChI=1S/C16H17BrF2N2/c1-2-5-21-16(7-11-6-12(17)10-20-9-11)14-8-13(18)3-4-15(14)19/h3-4,6,8-10,16,21H,2,5,7H2,1H3. The maximum atomic E-state index is 14.0. The van der Waals surface area contributed by atoms with Gasteiger partial charge in [-0.3, -0.25) is 4.98 Å². The summed E-state index contributed by atoms with van der Waals surface area (Å²) in [6.45, 7) is 2.77. The van der Waals surface area contributed by atoms with E-state index in [2.05, 4.69) is 26.2 Å². The van der Waals surface area contributed by atoms with Crippen LogP contribution in [0.4, 0.5) is 8.78 Å². The van der Waals surface area contributed by atoms with E-state index in [1.807, 2.05) is 13.0 Å². The van der Waals surface area contributed by atoms with E-state index >= 15 is 0 Å². The molecule has 2 nitrogen and oxygen atoms in total. The maximum absolute atomic E-state index is 14.0. The Hall–Kier alpha value is -1.33. The number of aromatic nitrogens is 1. The number of hydrogen-bond donors (Lipinski definition) is 1. The van der Waals surface area contributed by atoms with E-state index in [0.717, 1.165) is 29.1 Å². The third kappa shape index (κ3) is 4.58. The summed E-state index contributed by atoms with van der Waals surface area (Å²) in [7, 11) is 0. The molecule has 1 atom stereocenters. The second kappa shape index (κ2) is 7.61. The summed E-state index contributed by atoms with van der Waals surface area (Å²) in [5, 5.41) is 3.27. The van der Waals surface area contributed by atoms with Crippen LogP contribution in [0.5, 0.6) is 0 Å². The minimum Gasteiger partial charge on any atom is -0.310 e. The van der Waals surface area contributed by atoms with E-state index in [9.17, 15) is 8.78 Å². The van der Waals surface area contributed by atoms with Crippen LogP contribution < -0.4 is 5.32 Å². The van der Waals surface area contributed by atoms with Crippen LogP contribution in [0.1, 0.15) is 30.5 Å². The maximum Gasteiger partial charge on any atom is 0.128 e. The van der Waals surface area contributed by atoms with E-state index in [1.165, 1.54) is 12.1 Å². The van der Waals surface area contributed by atoms with E-state index < -0.39 is 11.6 Å². The number of nitrogens with one attached hydrogen (secondary N) is 1. The molecular weight excluding hydrogens is 338 g/mol. The summed E-state index contributed by atoms with van der Waals surface area (Å²) in [6, 6.07) is 5.22. The minimum atomic E-state index is -0.429. The summed E-state index contributed by atoms with van der Waals surface area (Å²) >= 11 is 3.37. The molecule has 0 aliphatic heterocycles. The van der Waals surface area contributed by atoms with Crippen molar-refractivity contribution in [2.45, 2.75) is 25.8 Å². The van der Waals surface area contributed by atoms with Crippen LogP contribution in [0.2, 0.25) is 0 Å². The van der Waals surface area contributed by atoms with Crippen molar-refractivity contribution in [2.24, 2.45) is 0 Å². The molecule has 0 fully saturated rings. The Morgan fingerprint density at radius 2 is 2.05 bits per heavy atom. The number of halogens is 3. The molecule has 0 aliphatic rings. The lowest BCUT2D eigenvalue weighted by molar-refractivity contribution is 0.490. The molecule has 0 spiro atoms. The van der Waals surface area contributed by atoms with Crippen LogP contribution in [0, 0.1) is 11.6 Å². The summed E-state index contributed by atoms with van der Waals surface area (Å²) in [5.41, 5.74) is 1.31. The number of benzene rings is 1. The van der Waals surface area contributed by atoms with Gasteiger partial charge in [-0.2, -0.15) is 0 Å². The molecule has 2 rings (SSSR count). The van der Waals surface area contributed by atoms with Crippen LogP contribution >= 0.6 is 15.9 Å². The monoisotopic (exact) mass is 354 g/mol. The predicted octanol–water partition coefficient (Wildman–Crippen LogP) is 4.41. The first-order valence-corrected chi connectivity index (χ1v) is 7.67. The van der Waals surface area contributed by atoms with E-state index in [1.54, 1.807) is 12.4 Å². The molecule has 112 valence electrons. The largest absolute Gasteiger partial charge is 0.310 e. The summed E-state index contributed by atoms with van der Waals surface area (Å²) < 4.78 is 28.3. The second-order valence-electron chi connectivity index (χ2n) is 4.89. The van der Waals surface area contributed by atoms with E-state index in [-0.39, 0.29) is 6.04 Å². The van der Waals surface area contributed by atoms with Crippen LogP contribution in [-0.4, -0.2) is 11.5 Å². The third-order valence-corrected chi connectivity index (χ3v) is 3.61. The molecule has 0 radical (unpaired) electrons. The quantitative estimate of drug-likeness (QED) is 0.831. The van der Waals surface area contributed by atoms with Gasteiger partial charge < -0.3 is 5.32 Å². The van der Waals surface area contributed by atoms with Gasteiger partial charge >= 0.3 is 0 Å². The number of nitrogens with zero attached hydrogens (tertiary/aromatic N) is 1. The second-order valence-corrected chi connectivity index (χ2v) is 5.80. The van der Waals surface area contributed by atoms with Gasteiger partial charge in [-0.25, -0.2) is 8.78 Å². The highest BCUT2D eigenvalue weighted by Crippen LogP contribution is 2.23. The SMILES string of the molecule is CCCNC(Cc1cncc(Br)c1)c1cc(F)ccc1F. The van der Waals surface area contributed by atoms with Crippen molar-refractivity contribution in [1.82, 2.24) is 10.3 Å². The molecule has 0 bridgehead atoms. The normalized spacial score (nSPS) is 12.4. The molecule has 21 heavy (non-hydrogen) atoms. The Balaban J connectivity index is 2.27. The van der Waals surface area contributed by atoms with Crippen molar-refractivity contribution in [3.63, 3.8) is 0 Å². The van der Waals surface area contributed by atoms with Gasteiger partial charge in [-0.15, -0.1) is 0 Å². The van der Waals surface area contributed by atoms with Gasteiger partial charge in [0.25, 0.3) is 0 Å². The first-order chi connectivity index (χ1) is 10.1. The van der Waals surface area contributed by atoms with Crippen LogP contribution in [0.15, 0.2) is 41.1 Å². The molecule has 2 aromatic rings. The third-order valence-electron chi connectivity index (χ3n) is 3.18. The molecule has 0 aliphatic carbocycles. The Morgan fingerprint density at radius 1 is 1.24 bits per heavy atom. The smallest absolute Gasteiger partial charge is 0.128 e. The predicted molar refractivity (Wildman–Crippen MR) is 83.0 cm³/mol. The lowest BCUT2D eigenvalue weighted by Crippen LogP contribution is -2.25. The fraction of sp³-hybridized carbons (Fsp3) is 0.312. The molecular formula is C16H17BrF2N2. The Labute approximate surface area is 131 Å². The van der Waals surface area contributed by atoms with Gasteiger partial charge in [0, 0.05) is 28.5 Å². The van der Waals surface area contributed by atoms with Crippen molar-refractivity contribution in [3.05, 3.63) is 63.9 Å². The zero-order valence-electron chi connectivity index (χ0n) is 11.7. The zero-order chi connectivity index (χ0) is 15.2. The van der Waals surface area contributed by atoms with E-state index in [0.29, 0.717) is 12.0 Å². The Bertz CT molecular complexity index is 605. The van der Waals surface area contributed by atoms with Crippen molar-refractivity contribution in [2.75, 3.05) is 6.54 Å². The van der Waals surface area contributed by atoms with Gasteiger partial charge in [-0.05, 0) is 65.1 Å². The van der Waals surface area contributed by atoms with Crippen molar-refractivity contribution in [1.29, 1.82) is 0 Å². The molecule has 5 heteroatoms. The van der Waals surface area contributed by atoms with Gasteiger partial charge in [0.2, 0.25) is 0 Å². The van der Waals surface area contributed by atoms with Crippen molar-refractivity contribution in [3.8, 4) is 0 Å². The average Bonchev–Trinajstić information content (AvgIpc) is 2.46. The van der Waals surface area contributed by atoms with Gasteiger partial charge in [0.05, 0.1) is 0 Å². The molecule has 0 saturated heterocycles. The molecule has 1 aromatic heterocycles. The van der Waals surface area contributed by atoms with Gasteiger partial charge in [0.1, 0.15) is 11.6 Å². The van der Waals surface area contributed by atoms with Crippen LogP contribution in [0.3, 0.4) is 0 Å². The van der Waals surface area contributed by atoms with Crippen molar-refractivity contribution >= 4 is 15.9 Å². The highest BCUT2D eigenvalue weighted by Gasteiger charge is 2.17. The average molecular weight is 355 g/mol. The highest BCUT2D eigenvalue weighted by molar-refractivity contribution is 9.10. The van der Waals surface area contributed by atoms with Crippen molar-refractivity contribution < 1.29 is 8.78 Å². The summed E-state index contributed by atoms with van der Waals surface area (Å²) in [6.07, 6.45) is 4.90. The summed E-state index contributed by atoms with van der Waals surface area (Å²) in [5.74, 6) is -0.824. The first-order valence-electron chi connectivity index (χ1n) is 6.88. The van der Waals surface area contributed by atoms with Crippen LogP contribution in [0.25, 0.3) is 0 Å². The number of pyridine rings is 1. The zero-order valence-corrected chi connectivity index (χ0v) is 13.3. The Kier molecular flexibility index (Phi) is 5.82. The molecule has 0 saturated carbocycles. The van der Waals surface area contributed by atoms with Crippen LogP contribution in [-0.2, 0) is 6.42 Å². The lowest BCUT2D eigenvalue weighted by atomic mass is 9.99. The fourth-order valence-corrected chi connectivity index (χ4v) is 2.61. The van der Waals surface area contributed by atoms with E-state index in [4.69, 9.17) is 0 Å². The molecule has 0 amide bonds. The Morgan fingerprint density at radius 3 is 2.76 bits per heavy atom. The molecule has 1 unspecified atom stereocenters. The minimum absolute atomic E-state index is 0.281. The molecule has 1 N–H and O–H groups in total. The highest BCUT2D eigenvalue weighted by atomic mass is 79.9. The lowest BCUT2D eigenvalue weighted by Gasteiger charge is -2.20. The fourth-order valence-electron chi connectivity index (χ4n) is 2.20. The molecule has 1 heterocycles.